The number of nitrogens with two attached hydrogens (primary N) is 1. The van der Waals surface area contributed by atoms with Crippen LogP contribution in [0.1, 0.15) is 24.4 Å². The monoisotopic (exact) mass is 199 g/mol. The molecular weight excluding hydrogens is 188 g/mol. The zero-order valence-corrected chi connectivity index (χ0v) is 7.59. The predicted molar refractivity (Wildman–Crippen MR) is 48.0 cm³/mol. The fourth-order valence-corrected chi connectivity index (χ4v) is 1.67. The first kappa shape index (κ1) is 9.40. The highest BCUT2D eigenvalue weighted by Crippen LogP contribution is 2.32. The van der Waals surface area contributed by atoms with Crippen LogP contribution < -0.4 is 10.5 Å². The molecule has 76 valence electrons. The lowest BCUT2D eigenvalue weighted by Gasteiger charge is -2.12. The number of ether oxygens (including phenoxy) is 1. The van der Waals surface area contributed by atoms with Crippen molar-refractivity contribution in [2.75, 3.05) is 6.61 Å². The Morgan fingerprint density at radius 3 is 2.93 bits per heavy atom. The van der Waals surface area contributed by atoms with Crippen molar-refractivity contribution >= 4 is 0 Å². The summed E-state index contributed by atoms with van der Waals surface area (Å²) in [6.45, 7) is 0.462. The first-order chi connectivity index (χ1) is 6.68. The van der Waals surface area contributed by atoms with Crippen LogP contribution in [0.2, 0.25) is 0 Å². The molecule has 1 aliphatic heterocycles. The van der Waals surface area contributed by atoms with Crippen LogP contribution in [0.15, 0.2) is 12.1 Å². The topological polar surface area (TPSA) is 35.2 Å². The maximum Gasteiger partial charge on any atom is 0.134 e. The van der Waals surface area contributed by atoms with Crippen LogP contribution in [-0.2, 0) is 0 Å². The Bertz CT molecular complexity index is 354. The Labute approximate surface area is 80.7 Å². The van der Waals surface area contributed by atoms with Crippen LogP contribution in [0, 0.1) is 11.6 Å². The average Bonchev–Trinajstić information content (AvgIpc) is 2.27. The van der Waals surface area contributed by atoms with Crippen molar-refractivity contribution in [3.63, 3.8) is 0 Å². The first-order valence-corrected chi connectivity index (χ1v) is 4.56. The van der Waals surface area contributed by atoms with Crippen molar-refractivity contribution in [1.82, 2.24) is 0 Å². The smallest absolute Gasteiger partial charge is 0.134 e. The lowest BCUT2D eigenvalue weighted by atomic mass is 10.0. The van der Waals surface area contributed by atoms with E-state index in [9.17, 15) is 8.78 Å². The molecule has 1 aromatic carbocycles. The molecule has 0 saturated heterocycles. The van der Waals surface area contributed by atoms with Crippen LogP contribution in [0.3, 0.4) is 0 Å². The fraction of sp³-hybridized carbons (Fsp3) is 0.400. The quantitative estimate of drug-likeness (QED) is 0.694. The van der Waals surface area contributed by atoms with Crippen molar-refractivity contribution in [3.8, 4) is 5.75 Å². The minimum Gasteiger partial charge on any atom is -0.493 e. The van der Waals surface area contributed by atoms with E-state index in [1.807, 2.05) is 0 Å². The Hall–Kier alpha value is -1.16. The molecule has 1 aromatic rings. The third-order valence-corrected chi connectivity index (χ3v) is 2.34. The fourth-order valence-electron chi connectivity index (χ4n) is 1.67. The molecule has 1 heterocycles. The molecule has 4 heteroatoms. The zero-order chi connectivity index (χ0) is 10.1. The van der Waals surface area contributed by atoms with Gasteiger partial charge in [0.1, 0.15) is 17.4 Å². The lowest BCUT2D eigenvalue weighted by Crippen LogP contribution is -2.11. The molecule has 14 heavy (non-hydrogen) atoms. The van der Waals surface area contributed by atoms with Crippen molar-refractivity contribution in [1.29, 1.82) is 0 Å². The molecule has 1 aliphatic rings. The molecule has 0 amide bonds. The van der Waals surface area contributed by atoms with E-state index in [4.69, 9.17) is 10.5 Å². The van der Waals surface area contributed by atoms with E-state index in [1.54, 1.807) is 0 Å². The van der Waals surface area contributed by atoms with Crippen LogP contribution in [0.5, 0.6) is 5.75 Å². The van der Waals surface area contributed by atoms with E-state index in [-0.39, 0.29) is 5.75 Å². The van der Waals surface area contributed by atoms with Gasteiger partial charge in [-0.2, -0.15) is 0 Å². The van der Waals surface area contributed by atoms with Gasteiger partial charge in [0.05, 0.1) is 6.61 Å². The second-order valence-corrected chi connectivity index (χ2v) is 3.40. The van der Waals surface area contributed by atoms with Gasteiger partial charge in [-0.15, -0.1) is 0 Å². The van der Waals surface area contributed by atoms with Crippen molar-refractivity contribution in [2.24, 2.45) is 5.73 Å². The van der Waals surface area contributed by atoms with Gasteiger partial charge in [-0.3, -0.25) is 0 Å². The van der Waals surface area contributed by atoms with Crippen molar-refractivity contribution in [3.05, 3.63) is 29.3 Å². The highest BCUT2D eigenvalue weighted by atomic mass is 19.1. The van der Waals surface area contributed by atoms with E-state index in [0.717, 1.165) is 12.5 Å². The minimum absolute atomic E-state index is 0.243. The van der Waals surface area contributed by atoms with Gasteiger partial charge in [0.25, 0.3) is 0 Å². The van der Waals surface area contributed by atoms with Gasteiger partial charge < -0.3 is 10.5 Å². The van der Waals surface area contributed by atoms with Gasteiger partial charge >= 0.3 is 0 Å². The second kappa shape index (κ2) is 3.53. The van der Waals surface area contributed by atoms with Crippen LogP contribution in [-0.4, -0.2) is 6.61 Å². The van der Waals surface area contributed by atoms with Gasteiger partial charge in [0.2, 0.25) is 0 Å². The summed E-state index contributed by atoms with van der Waals surface area (Å²) in [4.78, 5) is 0. The third kappa shape index (κ3) is 1.57. The number of halogens is 2. The summed E-state index contributed by atoms with van der Waals surface area (Å²) in [6, 6.07) is 1.63. The van der Waals surface area contributed by atoms with Gasteiger partial charge in [0.15, 0.2) is 0 Å². The average molecular weight is 199 g/mol. The summed E-state index contributed by atoms with van der Waals surface area (Å²) in [5.41, 5.74) is 6.05. The number of fused-ring (bicyclic) bond motifs is 1. The predicted octanol–water partition coefficient (Wildman–Crippen LogP) is 2.14. The zero-order valence-electron chi connectivity index (χ0n) is 7.59. The highest BCUT2D eigenvalue weighted by Gasteiger charge is 2.21. The molecule has 2 rings (SSSR count). The van der Waals surface area contributed by atoms with Gasteiger partial charge in [0, 0.05) is 23.7 Å². The van der Waals surface area contributed by atoms with Crippen molar-refractivity contribution in [2.45, 2.75) is 18.9 Å². The summed E-state index contributed by atoms with van der Waals surface area (Å²) in [6.07, 6.45) is 1.42. The van der Waals surface area contributed by atoms with Gasteiger partial charge in [-0.25, -0.2) is 8.78 Å². The molecule has 2 nitrogen and oxygen atoms in total. The standard InChI is InChI=1S/C10H11F2NO/c11-6-4-7(12)10-8(13)2-1-3-14-9(10)5-6/h4-5,8H,1-3,13H2/t8-/m1/s1. The molecule has 0 radical (unpaired) electrons. The normalized spacial score (nSPS) is 20.9. The number of hydrogen-bond donors (Lipinski definition) is 1. The molecule has 1 atom stereocenters. The van der Waals surface area contributed by atoms with Gasteiger partial charge in [-0.1, -0.05) is 0 Å². The van der Waals surface area contributed by atoms with Crippen LogP contribution in [0.4, 0.5) is 8.78 Å². The van der Waals surface area contributed by atoms with E-state index >= 15 is 0 Å². The molecule has 0 unspecified atom stereocenters. The molecule has 2 N–H and O–H groups in total. The second-order valence-electron chi connectivity index (χ2n) is 3.40. The van der Waals surface area contributed by atoms with E-state index in [2.05, 4.69) is 0 Å². The van der Waals surface area contributed by atoms with Crippen LogP contribution >= 0.6 is 0 Å². The molecule has 0 saturated carbocycles. The Balaban J connectivity index is 2.53. The first-order valence-electron chi connectivity index (χ1n) is 4.56. The lowest BCUT2D eigenvalue weighted by molar-refractivity contribution is 0.313. The van der Waals surface area contributed by atoms with Gasteiger partial charge in [-0.05, 0) is 12.8 Å². The molecule has 0 aromatic heterocycles. The molecule has 0 spiro atoms. The number of hydrogen-bond acceptors (Lipinski definition) is 2. The summed E-state index contributed by atoms with van der Waals surface area (Å²) in [7, 11) is 0. The molecule has 0 bridgehead atoms. The SMILES string of the molecule is N[C@@H]1CCCOc2cc(F)cc(F)c21. The number of benzene rings is 1. The van der Waals surface area contributed by atoms with Crippen molar-refractivity contribution < 1.29 is 13.5 Å². The van der Waals surface area contributed by atoms with E-state index in [1.165, 1.54) is 6.07 Å². The molecule has 0 aliphatic carbocycles. The maximum atomic E-state index is 13.4. The Morgan fingerprint density at radius 2 is 2.14 bits per heavy atom. The summed E-state index contributed by atoms with van der Waals surface area (Å²) < 4.78 is 31.4. The van der Waals surface area contributed by atoms with E-state index < -0.39 is 17.7 Å². The summed E-state index contributed by atoms with van der Waals surface area (Å²) in [5, 5.41) is 0. The third-order valence-electron chi connectivity index (χ3n) is 2.34. The Morgan fingerprint density at radius 1 is 1.36 bits per heavy atom. The Kier molecular flexibility index (Phi) is 2.37. The van der Waals surface area contributed by atoms with Crippen LogP contribution in [0.25, 0.3) is 0 Å². The van der Waals surface area contributed by atoms with E-state index in [0.29, 0.717) is 18.6 Å². The highest BCUT2D eigenvalue weighted by molar-refractivity contribution is 5.38. The summed E-state index contributed by atoms with van der Waals surface area (Å²) in [5.74, 6) is -1.00. The largest absolute Gasteiger partial charge is 0.493 e. The number of rotatable bonds is 0. The maximum absolute atomic E-state index is 13.4. The summed E-state index contributed by atoms with van der Waals surface area (Å²) >= 11 is 0. The molecule has 0 fully saturated rings. The minimum atomic E-state index is -0.629. The molecular formula is C10H11F2NO.